The van der Waals surface area contributed by atoms with E-state index in [1.807, 2.05) is 25.3 Å². The van der Waals surface area contributed by atoms with Crippen LogP contribution in [0.25, 0.3) is 11.0 Å². The van der Waals surface area contributed by atoms with E-state index in [4.69, 9.17) is 31.9 Å². The van der Waals surface area contributed by atoms with Gasteiger partial charge >= 0.3 is 6.09 Å². The lowest BCUT2D eigenvalue weighted by atomic mass is 10.1. The number of fused-ring (bicyclic) bond motifs is 1. The molecule has 1 aromatic heterocycles. The Morgan fingerprint density at radius 1 is 1.26 bits per heavy atom. The Bertz CT molecular complexity index is 1170. The van der Waals surface area contributed by atoms with Gasteiger partial charge in [0.2, 0.25) is 5.95 Å². The zero-order valence-electron chi connectivity index (χ0n) is 20.4. The van der Waals surface area contributed by atoms with Crippen LogP contribution >= 0.6 is 11.6 Å². The number of methoxy groups -OCH3 is 1. The quantitative estimate of drug-likeness (QED) is 0.384. The summed E-state index contributed by atoms with van der Waals surface area (Å²) in [5, 5.41) is 17.8. The maximum atomic E-state index is 12.9. The Morgan fingerprint density at radius 3 is 2.63 bits per heavy atom. The second kappa shape index (κ2) is 10.9. The molecule has 1 aromatic carbocycles. The van der Waals surface area contributed by atoms with Crippen molar-refractivity contribution in [2.75, 3.05) is 25.5 Å². The molecule has 1 atom stereocenters. The highest BCUT2D eigenvalue weighted by molar-refractivity contribution is 6.36. The molecule has 2 aromatic rings. The van der Waals surface area contributed by atoms with Gasteiger partial charge in [-0.1, -0.05) is 11.6 Å². The number of nitrogens with zero attached hydrogens (tertiary/aromatic N) is 3. The molecule has 0 radical (unpaired) electrons. The average Bonchev–Trinajstić information content (AvgIpc) is 2.98. The Morgan fingerprint density at radius 2 is 2.00 bits per heavy atom. The first kappa shape index (κ1) is 26.2. The van der Waals surface area contributed by atoms with Crippen LogP contribution in [0.2, 0.25) is 5.02 Å². The largest absolute Gasteiger partial charge is 0.495 e. The second-order valence-corrected chi connectivity index (χ2v) is 9.60. The van der Waals surface area contributed by atoms with Crippen LogP contribution in [0.5, 0.6) is 5.75 Å². The van der Waals surface area contributed by atoms with Gasteiger partial charge in [0, 0.05) is 25.5 Å². The number of hydrogen-bond donors (Lipinski definition) is 3. The summed E-state index contributed by atoms with van der Waals surface area (Å²) in [7, 11) is 1.52. The molecule has 188 valence electrons. The molecule has 1 aliphatic heterocycles. The fraction of sp³-hybridized carbons (Fsp3) is 0.458. The van der Waals surface area contributed by atoms with Crippen molar-refractivity contribution in [3.63, 3.8) is 0 Å². The number of imidazole rings is 1. The molecule has 1 fully saturated rings. The molecule has 0 bridgehead atoms. The van der Waals surface area contributed by atoms with Gasteiger partial charge in [0.1, 0.15) is 16.4 Å². The number of carbonyl (C=O) groups excluding carboxylic acids is 2. The highest BCUT2D eigenvalue weighted by Crippen LogP contribution is 2.38. The van der Waals surface area contributed by atoms with E-state index in [0.29, 0.717) is 34.9 Å². The SMILES string of the molecule is COc1ccc2nc(NC(=O)/C(C=N)=C/C=N)n(C3CCCCN(C(=O)OC(C)(C)C)C3)c2c1Cl. The van der Waals surface area contributed by atoms with E-state index in [-0.39, 0.29) is 17.6 Å². The molecule has 11 heteroatoms. The molecule has 0 saturated carbocycles. The van der Waals surface area contributed by atoms with Crippen LogP contribution in [0.1, 0.15) is 46.1 Å². The number of hydrogen-bond acceptors (Lipinski definition) is 7. The summed E-state index contributed by atoms with van der Waals surface area (Å²) in [6, 6.07) is 3.19. The smallest absolute Gasteiger partial charge is 0.410 e. The third-order valence-corrected chi connectivity index (χ3v) is 5.91. The lowest BCUT2D eigenvalue weighted by molar-refractivity contribution is -0.112. The summed E-state index contributed by atoms with van der Waals surface area (Å²) in [5.41, 5.74) is 0.496. The minimum atomic E-state index is -0.624. The summed E-state index contributed by atoms with van der Waals surface area (Å²) >= 11 is 6.70. The minimum Gasteiger partial charge on any atom is -0.495 e. The first-order chi connectivity index (χ1) is 16.6. The number of allylic oxidation sites excluding steroid dienone is 1. The van der Waals surface area contributed by atoms with Crippen LogP contribution in [0.15, 0.2) is 23.8 Å². The van der Waals surface area contributed by atoms with Crippen LogP contribution in [0, 0.1) is 10.8 Å². The number of halogens is 1. The fourth-order valence-electron chi connectivity index (χ4n) is 4.01. The molecule has 1 aliphatic rings. The lowest BCUT2D eigenvalue weighted by Crippen LogP contribution is -2.39. The van der Waals surface area contributed by atoms with Crippen molar-refractivity contribution >= 4 is 53.0 Å². The fourth-order valence-corrected chi connectivity index (χ4v) is 4.33. The van der Waals surface area contributed by atoms with Crippen molar-refractivity contribution < 1.29 is 19.1 Å². The number of benzene rings is 1. The van der Waals surface area contributed by atoms with Crippen LogP contribution in [0.4, 0.5) is 10.7 Å². The molecule has 2 heterocycles. The number of carbonyl (C=O) groups is 2. The Labute approximate surface area is 209 Å². The first-order valence-electron chi connectivity index (χ1n) is 11.3. The first-order valence-corrected chi connectivity index (χ1v) is 11.7. The van der Waals surface area contributed by atoms with Crippen LogP contribution in [-0.2, 0) is 9.53 Å². The van der Waals surface area contributed by atoms with E-state index in [1.165, 1.54) is 13.2 Å². The van der Waals surface area contributed by atoms with Gasteiger partial charge in [-0.25, -0.2) is 9.78 Å². The molecule has 10 nitrogen and oxygen atoms in total. The topological polar surface area (TPSA) is 133 Å². The van der Waals surface area contributed by atoms with Gasteiger partial charge < -0.3 is 29.8 Å². The van der Waals surface area contributed by atoms with Gasteiger partial charge in [-0.2, -0.15) is 0 Å². The normalized spacial score (nSPS) is 17.0. The van der Waals surface area contributed by atoms with Crippen molar-refractivity contribution in [3.8, 4) is 5.75 Å². The van der Waals surface area contributed by atoms with Gasteiger partial charge in [-0.05, 0) is 58.2 Å². The lowest BCUT2D eigenvalue weighted by Gasteiger charge is -2.29. The molecule has 3 N–H and O–H groups in total. The molecule has 2 amide bonds. The minimum absolute atomic E-state index is 0.00136. The van der Waals surface area contributed by atoms with Gasteiger partial charge in [-0.3, -0.25) is 10.1 Å². The maximum Gasteiger partial charge on any atom is 0.410 e. The standard InChI is InChI=1S/C24H31ClN6O4/c1-24(2,3)35-23(33)30-12-6-5-7-16(14-30)31-20-17(8-9-18(34-4)19(20)25)28-22(31)29-21(32)15(13-27)10-11-26/h8-11,13,16,26-27H,5-7,12,14H2,1-4H3,(H,28,29,32)/b15-10+,26-11?,27-13?. The Kier molecular flexibility index (Phi) is 8.16. The summed E-state index contributed by atoms with van der Waals surface area (Å²) in [6.45, 7) is 6.37. The van der Waals surface area contributed by atoms with E-state index < -0.39 is 17.6 Å². The Balaban J connectivity index is 2.10. The third-order valence-electron chi connectivity index (χ3n) is 5.54. The van der Waals surface area contributed by atoms with E-state index in [0.717, 1.165) is 31.7 Å². The zero-order chi connectivity index (χ0) is 25.8. The molecule has 0 spiro atoms. The third kappa shape index (κ3) is 6.00. The molecule has 3 rings (SSSR count). The van der Waals surface area contributed by atoms with Gasteiger partial charge in [-0.15, -0.1) is 0 Å². The van der Waals surface area contributed by atoms with E-state index in [2.05, 4.69) is 10.3 Å². The van der Waals surface area contributed by atoms with Gasteiger partial charge in [0.25, 0.3) is 5.91 Å². The Hall–Kier alpha value is -3.40. The number of rotatable bonds is 6. The van der Waals surface area contributed by atoms with Crippen LogP contribution < -0.4 is 10.1 Å². The van der Waals surface area contributed by atoms with Crippen LogP contribution in [0.3, 0.4) is 0 Å². The number of amides is 2. The van der Waals surface area contributed by atoms with E-state index in [9.17, 15) is 9.59 Å². The molecule has 35 heavy (non-hydrogen) atoms. The predicted octanol–water partition coefficient (Wildman–Crippen LogP) is 4.82. The highest BCUT2D eigenvalue weighted by atomic mass is 35.5. The van der Waals surface area contributed by atoms with Crippen molar-refractivity contribution in [1.29, 1.82) is 10.8 Å². The monoisotopic (exact) mass is 502 g/mol. The molecular formula is C24H31ClN6O4. The van der Waals surface area contributed by atoms with Crippen molar-refractivity contribution in [2.45, 2.75) is 51.7 Å². The van der Waals surface area contributed by atoms with Gasteiger partial charge in [0.15, 0.2) is 0 Å². The zero-order valence-corrected chi connectivity index (χ0v) is 21.1. The van der Waals surface area contributed by atoms with E-state index >= 15 is 0 Å². The molecule has 1 saturated heterocycles. The predicted molar refractivity (Wildman–Crippen MR) is 136 cm³/mol. The molecule has 0 aliphatic carbocycles. The van der Waals surface area contributed by atoms with Gasteiger partial charge in [0.05, 0.1) is 29.8 Å². The number of aromatic nitrogens is 2. The highest BCUT2D eigenvalue weighted by Gasteiger charge is 2.30. The second-order valence-electron chi connectivity index (χ2n) is 9.22. The number of anilines is 1. The number of nitrogens with one attached hydrogen (secondary N) is 3. The summed E-state index contributed by atoms with van der Waals surface area (Å²) in [4.78, 5) is 32.0. The summed E-state index contributed by atoms with van der Waals surface area (Å²) in [6.07, 6.45) is 5.01. The average molecular weight is 503 g/mol. The maximum absolute atomic E-state index is 12.9. The van der Waals surface area contributed by atoms with Crippen molar-refractivity contribution in [3.05, 3.63) is 28.8 Å². The van der Waals surface area contributed by atoms with E-state index in [1.54, 1.807) is 17.0 Å². The van der Waals surface area contributed by atoms with Crippen molar-refractivity contribution in [2.24, 2.45) is 0 Å². The number of likely N-dealkylation sites (tertiary alicyclic amines) is 1. The van der Waals surface area contributed by atoms with Crippen LogP contribution in [-0.4, -0.2) is 64.7 Å². The van der Waals surface area contributed by atoms with Crippen molar-refractivity contribution in [1.82, 2.24) is 14.5 Å². The summed E-state index contributed by atoms with van der Waals surface area (Å²) in [5.74, 6) is 0.106. The summed E-state index contributed by atoms with van der Waals surface area (Å²) < 4.78 is 12.8. The number of ether oxygens (including phenoxy) is 2. The molecule has 1 unspecified atom stereocenters. The molecular weight excluding hydrogens is 472 g/mol.